The number of halogens is 2. The maximum Gasteiger partial charge on any atom is 0.153 e. The monoisotopic (exact) mass is 280 g/mol. The fourth-order valence-electron chi connectivity index (χ4n) is 1.52. The molecule has 0 aliphatic carbocycles. The molecule has 4 heteroatoms. The lowest BCUT2D eigenvalue weighted by molar-refractivity contribution is 0.112. The molecule has 92 valence electrons. The van der Waals surface area contributed by atoms with Gasteiger partial charge in [0.2, 0.25) is 0 Å². The van der Waals surface area contributed by atoms with Crippen molar-refractivity contribution < 1.29 is 9.53 Å². The van der Waals surface area contributed by atoms with Gasteiger partial charge in [0.15, 0.2) is 6.29 Å². The molecule has 0 fully saturated rings. The fraction of sp³-hybridized carbons (Fsp3) is 0.0714. The van der Waals surface area contributed by atoms with Crippen LogP contribution in [0.15, 0.2) is 36.4 Å². The molecular weight excluding hydrogens is 271 g/mol. The van der Waals surface area contributed by atoms with Crippen LogP contribution in [0.2, 0.25) is 10.0 Å². The molecule has 2 aromatic rings. The van der Waals surface area contributed by atoms with Crippen LogP contribution in [0.5, 0.6) is 11.5 Å². The van der Waals surface area contributed by atoms with E-state index in [1.807, 2.05) is 13.0 Å². The SMILES string of the molecule is Cc1ccc(Oc2ccc(Cl)c(Cl)c2)c(C=O)c1. The van der Waals surface area contributed by atoms with Crippen molar-refractivity contribution in [3.05, 3.63) is 57.6 Å². The first-order chi connectivity index (χ1) is 8.60. The first-order valence-electron chi connectivity index (χ1n) is 5.29. The molecule has 0 unspecified atom stereocenters. The number of aldehydes is 1. The number of hydrogen-bond acceptors (Lipinski definition) is 2. The Balaban J connectivity index is 2.33. The van der Waals surface area contributed by atoms with Crippen molar-refractivity contribution >= 4 is 29.5 Å². The number of carbonyl (C=O) groups is 1. The predicted octanol–water partition coefficient (Wildman–Crippen LogP) is 4.91. The Morgan fingerprint density at radius 3 is 2.50 bits per heavy atom. The molecule has 2 rings (SSSR count). The van der Waals surface area contributed by atoms with Crippen LogP contribution in [0, 0.1) is 6.92 Å². The summed E-state index contributed by atoms with van der Waals surface area (Å²) in [6, 6.07) is 10.3. The minimum absolute atomic E-state index is 0.411. The summed E-state index contributed by atoms with van der Waals surface area (Å²) < 4.78 is 5.62. The van der Waals surface area contributed by atoms with Crippen LogP contribution in [0.25, 0.3) is 0 Å². The van der Waals surface area contributed by atoms with Crippen molar-refractivity contribution in [3.8, 4) is 11.5 Å². The van der Waals surface area contributed by atoms with E-state index in [4.69, 9.17) is 27.9 Å². The van der Waals surface area contributed by atoms with Gasteiger partial charge in [-0.1, -0.05) is 34.8 Å². The zero-order chi connectivity index (χ0) is 13.1. The second-order valence-electron chi connectivity index (χ2n) is 3.84. The summed E-state index contributed by atoms with van der Waals surface area (Å²) in [5, 5.41) is 0.873. The van der Waals surface area contributed by atoms with Crippen LogP contribution >= 0.6 is 23.2 Å². The maximum absolute atomic E-state index is 11.0. The molecule has 0 saturated carbocycles. The Bertz CT molecular complexity index is 594. The quantitative estimate of drug-likeness (QED) is 0.747. The number of benzene rings is 2. The average Bonchev–Trinajstić information content (AvgIpc) is 2.36. The van der Waals surface area contributed by atoms with Crippen LogP contribution in [0.3, 0.4) is 0 Å². The van der Waals surface area contributed by atoms with Gasteiger partial charge in [0.05, 0.1) is 15.6 Å². The standard InChI is InChI=1S/C14H10Cl2O2/c1-9-2-5-14(10(6-9)8-17)18-11-3-4-12(15)13(16)7-11/h2-8H,1H3. The highest BCUT2D eigenvalue weighted by molar-refractivity contribution is 6.42. The molecule has 0 aliphatic rings. The minimum atomic E-state index is 0.411. The first kappa shape index (κ1) is 12.9. The molecule has 2 aromatic carbocycles. The van der Waals surface area contributed by atoms with E-state index in [-0.39, 0.29) is 0 Å². The number of aryl methyl sites for hydroxylation is 1. The molecule has 0 bridgehead atoms. The lowest BCUT2D eigenvalue weighted by Crippen LogP contribution is -1.91. The van der Waals surface area contributed by atoms with Gasteiger partial charge in [0.1, 0.15) is 11.5 Å². The van der Waals surface area contributed by atoms with Crippen molar-refractivity contribution in [2.45, 2.75) is 6.92 Å². The molecule has 2 nitrogen and oxygen atoms in total. The molecule has 0 radical (unpaired) electrons. The van der Waals surface area contributed by atoms with Gasteiger partial charge in [-0.3, -0.25) is 4.79 Å². The van der Waals surface area contributed by atoms with Gasteiger partial charge in [0, 0.05) is 6.07 Å². The highest BCUT2D eigenvalue weighted by atomic mass is 35.5. The lowest BCUT2D eigenvalue weighted by atomic mass is 10.1. The largest absolute Gasteiger partial charge is 0.457 e. The molecule has 0 aliphatic heterocycles. The van der Waals surface area contributed by atoms with E-state index in [1.54, 1.807) is 30.3 Å². The summed E-state index contributed by atoms with van der Waals surface area (Å²) in [5.74, 6) is 1.03. The van der Waals surface area contributed by atoms with Gasteiger partial charge >= 0.3 is 0 Å². The third kappa shape index (κ3) is 2.84. The van der Waals surface area contributed by atoms with E-state index >= 15 is 0 Å². The number of carbonyl (C=O) groups excluding carboxylic acids is 1. The first-order valence-corrected chi connectivity index (χ1v) is 6.04. The second kappa shape index (κ2) is 5.42. The Hall–Kier alpha value is -1.51. The van der Waals surface area contributed by atoms with E-state index in [0.717, 1.165) is 11.8 Å². The van der Waals surface area contributed by atoms with Crippen molar-refractivity contribution in [3.63, 3.8) is 0 Å². The summed E-state index contributed by atoms with van der Waals surface area (Å²) in [5.41, 5.74) is 1.50. The molecule has 0 spiro atoms. The second-order valence-corrected chi connectivity index (χ2v) is 4.65. The third-order valence-corrected chi connectivity index (χ3v) is 3.15. The zero-order valence-electron chi connectivity index (χ0n) is 9.61. The van der Waals surface area contributed by atoms with Gasteiger partial charge in [-0.25, -0.2) is 0 Å². The van der Waals surface area contributed by atoms with Gasteiger partial charge in [0.25, 0.3) is 0 Å². The van der Waals surface area contributed by atoms with E-state index in [0.29, 0.717) is 27.1 Å². The fourth-order valence-corrected chi connectivity index (χ4v) is 1.81. The Kier molecular flexibility index (Phi) is 3.90. The molecule has 0 aromatic heterocycles. The van der Waals surface area contributed by atoms with Gasteiger partial charge in [-0.05, 0) is 31.2 Å². The number of hydrogen-bond donors (Lipinski definition) is 0. The third-order valence-electron chi connectivity index (χ3n) is 2.41. The number of ether oxygens (including phenoxy) is 1. The Labute approximate surface area is 115 Å². The van der Waals surface area contributed by atoms with Crippen LogP contribution in [0.4, 0.5) is 0 Å². The molecule has 0 amide bonds. The highest BCUT2D eigenvalue weighted by Gasteiger charge is 2.06. The molecule has 0 atom stereocenters. The highest BCUT2D eigenvalue weighted by Crippen LogP contribution is 2.30. The molecular formula is C14H10Cl2O2. The Morgan fingerprint density at radius 2 is 1.83 bits per heavy atom. The molecule has 0 N–H and O–H groups in total. The smallest absolute Gasteiger partial charge is 0.153 e. The van der Waals surface area contributed by atoms with Crippen LogP contribution < -0.4 is 4.74 Å². The molecule has 0 saturated heterocycles. The van der Waals surface area contributed by atoms with Gasteiger partial charge < -0.3 is 4.74 Å². The molecule has 0 heterocycles. The van der Waals surface area contributed by atoms with Crippen LogP contribution in [0.1, 0.15) is 15.9 Å². The Morgan fingerprint density at radius 1 is 1.06 bits per heavy atom. The van der Waals surface area contributed by atoms with Crippen LogP contribution in [-0.4, -0.2) is 6.29 Å². The van der Waals surface area contributed by atoms with Crippen molar-refractivity contribution in [2.75, 3.05) is 0 Å². The van der Waals surface area contributed by atoms with Crippen molar-refractivity contribution in [1.29, 1.82) is 0 Å². The average molecular weight is 281 g/mol. The van der Waals surface area contributed by atoms with Crippen molar-refractivity contribution in [2.24, 2.45) is 0 Å². The topological polar surface area (TPSA) is 26.3 Å². The molecule has 18 heavy (non-hydrogen) atoms. The summed E-state index contributed by atoms with van der Waals surface area (Å²) in [4.78, 5) is 11.0. The van der Waals surface area contributed by atoms with E-state index in [1.165, 1.54) is 0 Å². The maximum atomic E-state index is 11.0. The van der Waals surface area contributed by atoms with Crippen LogP contribution in [-0.2, 0) is 0 Å². The van der Waals surface area contributed by atoms with Gasteiger partial charge in [-0.15, -0.1) is 0 Å². The van der Waals surface area contributed by atoms with E-state index in [2.05, 4.69) is 0 Å². The summed E-state index contributed by atoms with van der Waals surface area (Å²) >= 11 is 11.7. The number of rotatable bonds is 3. The minimum Gasteiger partial charge on any atom is -0.457 e. The van der Waals surface area contributed by atoms with E-state index in [9.17, 15) is 4.79 Å². The summed E-state index contributed by atoms with van der Waals surface area (Å²) in [6.07, 6.45) is 0.764. The summed E-state index contributed by atoms with van der Waals surface area (Å²) in [6.45, 7) is 1.91. The van der Waals surface area contributed by atoms with Gasteiger partial charge in [-0.2, -0.15) is 0 Å². The predicted molar refractivity (Wildman–Crippen MR) is 73.1 cm³/mol. The normalized spacial score (nSPS) is 10.2. The zero-order valence-corrected chi connectivity index (χ0v) is 11.1. The lowest BCUT2D eigenvalue weighted by Gasteiger charge is -2.09. The van der Waals surface area contributed by atoms with E-state index < -0.39 is 0 Å². The summed E-state index contributed by atoms with van der Waals surface area (Å²) in [7, 11) is 0. The van der Waals surface area contributed by atoms with Crippen molar-refractivity contribution in [1.82, 2.24) is 0 Å².